The van der Waals surface area contributed by atoms with E-state index in [4.69, 9.17) is 14.2 Å². The summed E-state index contributed by atoms with van der Waals surface area (Å²) in [5, 5.41) is 1.11. The lowest BCUT2D eigenvalue weighted by Crippen LogP contribution is -2.38. The fraction of sp³-hybridized carbons (Fsp3) is 0.571. The van der Waals surface area contributed by atoms with E-state index in [2.05, 4.69) is 42.8 Å². The van der Waals surface area contributed by atoms with Gasteiger partial charge in [-0.25, -0.2) is 0 Å². The zero-order valence-corrected chi connectivity index (χ0v) is 17.6. The van der Waals surface area contributed by atoms with Crippen molar-refractivity contribution in [3.8, 4) is 11.5 Å². The van der Waals surface area contributed by atoms with Crippen molar-refractivity contribution in [2.45, 2.75) is 27.2 Å². The molecule has 0 bridgehead atoms. The number of rotatable bonds is 5. The highest BCUT2D eigenvalue weighted by molar-refractivity contribution is 8.17. The highest BCUT2D eigenvalue weighted by Gasteiger charge is 2.21. The Kier molecular flexibility index (Phi) is 6.71. The molecule has 5 nitrogen and oxygen atoms in total. The fourth-order valence-corrected chi connectivity index (χ4v) is 3.87. The molecule has 1 aromatic carbocycles. The lowest BCUT2D eigenvalue weighted by Gasteiger charge is -2.27. The van der Waals surface area contributed by atoms with E-state index in [1.807, 2.05) is 12.1 Å². The minimum Gasteiger partial charge on any atom is -0.493 e. The van der Waals surface area contributed by atoms with Gasteiger partial charge in [-0.3, -0.25) is 4.99 Å². The third-order valence-electron chi connectivity index (χ3n) is 4.50. The number of nitrogens with zero attached hydrogens (tertiary/aromatic N) is 2. The van der Waals surface area contributed by atoms with Crippen molar-refractivity contribution in [2.75, 3.05) is 46.6 Å². The smallest absolute Gasteiger partial charge is 0.164 e. The van der Waals surface area contributed by atoms with Gasteiger partial charge in [0, 0.05) is 18.0 Å². The molecule has 0 aliphatic carbocycles. The maximum absolute atomic E-state index is 5.93. The molecular formula is C21H30N2O3S. The third-order valence-corrected chi connectivity index (χ3v) is 5.58. The molecule has 0 spiro atoms. The summed E-state index contributed by atoms with van der Waals surface area (Å²) in [6.07, 6.45) is 3.18. The summed E-state index contributed by atoms with van der Waals surface area (Å²) in [4.78, 5) is 8.24. The van der Waals surface area contributed by atoms with Gasteiger partial charge in [-0.15, -0.1) is 0 Å². The molecule has 0 atom stereocenters. The SMILES string of the molecule is COc1cc(C=C2CN=C(N3CCOCC3)S2)ccc1OCCC(C)(C)C. The van der Waals surface area contributed by atoms with Crippen LogP contribution >= 0.6 is 11.8 Å². The van der Waals surface area contributed by atoms with E-state index in [1.165, 1.54) is 4.91 Å². The van der Waals surface area contributed by atoms with Crippen molar-refractivity contribution in [2.24, 2.45) is 10.4 Å². The number of aliphatic imine (C=N–C) groups is 1. The van der Waals surface area contributed by atoms with Gasteiger partial charge in [0.05, 0.1) is 33.5 Å². The zero-order valence-electron chi connectivity index (χ0n) is 16.8. The van der Waals surface area contributed by atoms with Crippen LogP contribution in [0.4, 0.5) is 0 Å². The minimum atomic E-state index is 0.259. The molecule has 2 aliphatic rings. The maximum atomic E-state index is 5.93. The normalized spacial score (nSPS) is 19.3. The molecule has 0 unspecified atom stereocenters. The summed E-state index contributed by atoms with van der Waals surface area (Å²) in [6.45, 7) is 11.5. The molecule has 1 aromatic rings. The first kappa shape index (κ1) is 20.1. The Morgan fingerprint density at radius 2 is 2.00 bits per heavy atom. The average Bonchev–Trinajstić information content (AvgIpc) is 3.11. The molecule has 148 valence electrons. The number of methoxy groups -OCH3 is 1. The topological polar surface area (TPSA) is 43.3 Å². The molecule has 3 rings (SSSR count). The van der Waals surface area contributed by atoms with Gasteiger partial charge in [-0.2, -0.15) is 0 Å². The van der Waals surface area contributed by atoms with Crippen molar-refractivity contribution < 1.29 is 14.2 Å². The Balaban J connectivity index is 1.61. The van der Waals surface area contributed by atoms with Gasteiger partial charge in [0.25, 0.3) is 0 Å². The molecule has 0 radical (unpaired) electrons. The number of hydrogen-bond donors (Lipinski definition) is 0. The van der Waals surface area contributed by atoms with Crippen LogP contribution in [0.3, 0.4) is 0 Å². The van der Waals surface area contributed by atoms with E-state index >= 15 is 0 Å². The summed E-state index contributed by atoms with van der Waals surface area (Å²) in [6, 6.07) is 6.11. The Hall–Kier alpha value is -1.66. The Morgan fingerprint density at radius 3 is 2.70 bits per heavy atom. The second kappa shape index (κ2) is 9.02. The van der Waals surface area contributed by atoms with Gasteiger partial charge in [-0.1, -0.05) is 38.6 Å². The van der Waals surface area contributed by atoms with Gasteiger partial charge < -0.3 is 19.1 Å². The number of thioether (sulfide) groups is 1. The van der Waals surface area contributed by atoms with E-state index in [0.29, 0.717) is 6.61 Å². The quantitative estimate of drug-likeness (QED) is 0.750. The molecule has 2 heterocycles. The highest BCUT2D eigenvalue weighted by Crippen LogP contribution is 2.33. The molecule has 0 amide bonds. The summed E-state index contributed by atoms with van der Waals surface area (Å²) in [5.74, 6) is 1.57. The minimum absolute atomic E-state index is 0.259. The number of benzene rings is 1. The Labute approximate surface area is 166 Å². The molecule has 1 saturated heterocycles. The molecule has 1 fully saturated rings. The fourth-order valence-electron chi connectivity index (χ4n) is 2.87. The van der Waals surface area contributed by atoms with Gasteiger partial charge in [0.1, 0.15) is 0 Å². The number of amidine groups is 1. The van der Waals surface area contributed by atoms with Crippen molar-refractivity contribution in [3.05, 3.63) is 28.7 Å². The van der Waals surface area contributed by atoms with Crippen LogP contribution in [-0.4, -0.2) is 56.6 Å². The molecule has 27 heavy (non-hydrogen) atoms. The molecule has 2 aliphatic heterocycles. The molecular weight excluding hydrogens is 360 g/mol. The van der Waals surface area contributed by atoms with Gasteiger partial charge in [-0.05, 0) is 35.6 Å². The second-order valence-corrected chi connectivity index (χ2v) is 9.07. The van der Waals surface area contributed by atoms with E-state index in [9.17, 15) is 0 Å². The van der Waals surface area contributed by atoms with Crippen LogP contribution < -0.4 is 9.47 Å². The lowest BCUT2D eigenvalue weighted by molar-refractivity contribution is 0.0693. The average molecular weight is 391 g/mol. The van der Waals surface area contributed by atoms with Crippen molar-refractivity contribution in [3.63, 3.8) is 0 Å². The standard InChI is InChI=1S/C21H30N2O3S/c1-21(2,3)7-10-26-18-6-5-16(14-19(18)24-4)13-17-15-22-20(27-17)23-8-11-25-12-9-23/h5-6,13-14H,7-12,15H2,1-4H3. The monoisotopic (exact) mass is 390 g/mol. The van der Waals surface area contributed by atoms with Gasteiger partial charge in [0.15, 0.2) is 16.7 Å². The van der Waals surface area contributed by atoms with Crippen molar-refractivity contribution in [1.29, 1.82) is 0 Å². The second-order valence-electron chi connectivity index (χ2n) is 7.98. The van der Waals surface area contributed by atoms with Crippen LogP contribution in [-0.2, 0) is 4.74 Å². The van der Waals surface area contributed by atoms with Crippen LogP contribution in [0.25, 0.3) is 6.08 Å². The third kappa shape index (κ3) is 5.91. The largest absolute Gasteiger partial charge is 0.493 e. The van der Waals surface area contributed by atoms with E-state index in [-0.39, 0.29) is 5.41 Å². The van der Waals surface area contributed by atoms with Crippen molar-refractivity contribution >= 4 is 23.0 Å². The number of morpholine rings is 1. The lowest BCUT2D eigenvalue weighted by atomic mass is 9.93. The van der Waals surface area contributed by atoms with E-state index < -0.39 is 0 Å². The molecule has 0 aromatic heterocycles. The summed E-state index contributed by atoms with van der Waals surface area (Å²) in [7, 11) is 1.69. The predicted octanol–water partition coefficient (Wildman–Crippen LogP) is 4.29. The predicted molar refractivity (Wildman–Crippen MR) is 113 cm³/mol. The van der Waals surface area contributed by atoms with Gasteiger partial charge >= 0.3 is 0 Å². The van der Waals surface area contributed by atoms with Gasteiger partial charge in [0.2, 0.25) is 0 Å². The first-order valence-corrected chi connectivity index (χ1v) is 10.3. The Bertz CT molecular complexity index is 704. The number of ether oxygens (including phenoxy) is 3. The van der Waals surface area contributed by atoms with Crippen LogP contribution in [0.2, 0.25) is 0 Å². The molecule has 0 saturated carbocycles. The first-order valence-electron chi connectivity index (χ1n) is 9.51. The van der Waals surface area contributed by atoms with Crippen LogP contribution in [0.15, 0.2) is 28.1 Å². The molecule has 0 N–H and O–H groups in total. The van der Waals surface area contributed by atoms with Crippen LogP contribution in [0.1, 0.15) is 32.8 Å². The van der Waals surface area contributed by atoms with Crippen LogP contribution in [0.5, 0.6) is 11.5 Å². The van der Waals surface area contributed by atoms with E-state index in [1.54, 1.807) is 18.9 Å². The number of hydrogen-bond acceptors (Lipinski definition) is 6. The van der Waals surface area contributed by atoms with Crippen LogP contribution in [0, 0.1) is 5.41 Å². The summed E-state index contributed by atoms with van der Waals surface area (Å²) in [5.41, 5.74) is 1.37. The summed E-state index contributed by atoms with van der Waals surface area (Å²) < 4.78 is 16.9. The first-order chi connectivity index (χ1) is 12.9. The summed E-state index contributed by atoms with van der Waals surface area (Å²) >= 11 is 1.76. The van der Waals surface area contributed by atoms with E-state index in [0.717, 1.165) is 61.5 Å². The van der Waals surface area contributed by atoms with Crippen molar-refractivity contribution in [1.82, 2.24) is 4.90 Å². The maximum Gasteiger partial charge on any atom is 0.164 e. The molecule has 6 heteroatoms. The highest BCUT2D eigenvalue weighted by atomic mass is 32.2. The Morgan fingerprint density at radius 1 is 1.22 bits per heavy atom. The zero-order chi connectivity index (χ0) is 19.3.